The highest BCUT2D eigenvalue weighted by molar-refractivity contribution is 7.89. The van der Waals surface area contributed by atoms with Gasteiger partial charge in [0, 0.05) is 18.8 Å². The molecule has 2 aromatic rings. The van der Waals surface area contributed by atoms with Gasteiger partial charge in [0.2, 0.25) is 15.9 Å². The summed E-state index contributed by atoms with van der Waals surface area (Å²) in [6, 6.07) is 14.2. The fraction of sp³-hybridized carbons (Fsp3) is 0.350. The van der Waals surface area contributed by atoms with Crippen molar-refractivity contribution in [2.75, 3.05) is 18.4 Å². The number of benzene rings is 2. The van der Waals surface area contributed by atoms with E-state index in [4.69, 9.17) is 5.73 Å². The fourth-order valence-electron chi connectivity index (χ4n) is 2.61. The van der Waals surface area contributed by atoms with Crippen LogP contribution in [0.3, 0.4) is 0 Å². The number of hydrogen-bond donors (Lipinski definition) is 3. The van der Waals surface area contributed by atoms with E-state index < -0.39 is 10.0 Å². The number of hydrogen-bond acceptors (Lipinski definition) is 4. The first-order valence-electron chi connectivity index (χ1n) is 9.12. The molecule has 0 bridgehead atoms. The summed E-state index contributed by atoms with van der Waals surface area (Å²) >= 11 is 0. The average molecular weight is 426 g/mol. The Hall–Kier alpha value is -1.93. The van der Waals surface area contributed by atoms with E-state index in [-0.39, 0.29) is 42.7 Å². The molecule has 0 aliphatic carbocycles. The van der Waals surface area contributed by atoms with Crippen LogP contribution in [-0.4, -0.2) is 27.4 Å². The van der Waals surface area contributed by atoms with Crippen molar-refractivity contribution in [3.8, 4) is 0 Å². The maximum absolute atomic E-state index is 12.3. The van der Waals surface area contributed by atoms with Crippen LogP contribution in [0.25, 0.3) is 0 Å². The highest BCUT2D eigenvalue weighted by atomic mass is 35.5. The van der Waals surface area contributed by atoms with Gasteiger partial charge in [-0.2, -0.15) is 0 Å². The third-order valence-corrected chi connectivity index (χ3v) is 5.53. The van der Waals surface area contributed by atoms with Crippen LogP contribution in [0.2, 0.25) is 0 Å². The van der Waals surface area contributed by atoms with Crippen LogP contribution in [0.5, 0.6) is 0 Å². The summed E-state index contributed by atoms with van der Waals surface area (Å²) in [5.41, 5.74) is 7.96. The topological polar surface area (TPSA) is 101 Å². The van der Waals surface area contributed by atoms with Crippen LogP contribution in [0.4, 0.5) is 5.69 Å². The van der Waals surface area contributed by atoms with Gasteiger partial charge in [0.05, 0.1) is 11.3 Å². The molecule has 0 unspecified atom stereocenters. The molecule has 0 radical (unpaired) electrons. The van der Waals surface area contributed by atoms with Crippen molar-refractivity contribution in [2.24, 2.45) is 5.73 Å². The van der Waals surface area contributed by atoms with Gasteiger partial charge < -0.3 is 11.1 Å². The predicted molar refractivity (Wildman–Crippen MR) is 115 cm³/mol. The van der Waals surface area contributed by atoms with Gasteiger partial charge in [0.15, 0.2) is 0 Å². The molecule has 0 aromatic heterocycles. The summed E-state index contributed by atoms with van der Waals surface area (Å²) in [5, 5.41) is 2.75. The lowest BCUT2D eigenvalue weighted by atomic mass is 10.0. The maximum Gasteiger partial charge on any atom is 0.240 e. The van der Waals surface area contributed by atoms with E-state index in [0.717, 1.165) is 24.8 Å². The predicted octanol–water partition coefficient (Wildman–Crippen LogP) is 2.87. The largest absolute Gasteiger partial charge is 0.329 e. The van der Waals surface area contributed by atoms with Crippen molar-refractivity contribution in [3.63, 3.8) is 0 Å². The van der Waals surface area contributed by atoms with Crippen molar-refractivity contribution in [2.45, 2.75) is 37.5 Å². The lowest BCUT2D eigenvalue weighted by Crippen LogP contribution is -2.29. The number of aryl methyl sites for hydroxylation is 1. The second-order valence-corrected chi connectivity index (χ2v) is 8.13. The van der Waals surface area contributed by atoms with Gasteiger partial charge in [-0.15, -0.1) is 12.4 Å². The monoisotopic (exact) mass is 425 g/mol. The minimum atomic E-state index is -3.63. The number of halogens is 1. The third-order valence-electron chi connectivity index (χ3n) is 4.07. The first kappa shape index (κ1) is 24.1. The molecule has 0 aliphatic rings. The first-order chi connectivity index (χ1) is 12.9. The van der Waals surface area contributed by atoms with Crippen molar-refractivity contribution >= 4 is 34.0 Å². The summed E-state index contributed by atoms with van der Waals surface area (Å²) in [5.74, 6) is -0.194. The Bertz CT molecular complexity index is 855. The normalized spacial score (nSPS) is 10.9. The Labute approximate surface area is 173 Å². The number of rotatable bonds is 10. The fourth-order valence-corrected chi connectivity index (χ4v) is 3.71. The molecule has 0 saturated carbocycles. The molecule has 28 heavy (non-hydrogen) atoms. The number of nitrogens with two attached hydrogens (primary N) is 1. The minimum Gasteiger partial charge on any atom is -0.329 e. The average Bonchev–Trinajstić information content (AvgIpc) is 2.66. The highest BCUT2D eigenvalue weighted by Gasteiger charge is 2.14. The van der Waals surface area contributed by atoms with Crippen molar-refractivity contribution < 1.29 is 13.2 Å². The molecule has 2 rings (SSSR count). The van der Waals surface area contributed by atoms with Gasteiger partial charge in [-0.05, 0) is 42.2 Å². The van der Waals surface area contributed by atoms with Crippen LogP contribution in [0, 0.1) is 0 Å². The van der Waals surface area contributed by atoms with Crippen molar-refractivity contribution in [3.05, 3.63) is 59.7 Å². The number of nitrogens with one attached hydrogen (secondary N) is 2. The Kier molecular flexibility index (Phi) is 10.2. The van der Waals surface area contributed by atoms with Crippen LogP contribution >= 0.6 is 12.4 Å². The summed E-state index contributed by atoms with van der Waals surface area (Å²) < 4.78 is 26.7. The molecule has 0 saturated heterocycles. The smallest absolute Gasteiger partial charge is 0.240 e. The van der Waals surface area contributed by atoms with Crippen LogP contribution in [0.15, 0.2) is 53.4 Å². The number of amides is 1. The molecule has 0 atom stereocenters. The molecule has 0 aliphatic heterocycles. The molecule has 6 nitrogen and oxygen atoms in total. The van der Waals surface area contributed by atoms with E-state index in [1.54, 1.807) is 12.1 Å². The molecule has 4 N–H and O–H groups in total. The molecular weight excluding hydrogens is 398 g/mol. The zero-order valence-electron chi connectivity index (χ0n) is 16.0. The second kappa shape index (κ2) is 11.8. The van der Waals surface area contributed by atoms with Gasteiger partial charge >= 0.3 is 0 Å². The van der Waals surface area contributed by atoms with E-state index in [9.17, 15) is 13.2 Å². The number of carbonyl (C=O) groups is 1. The van der Waals surface area contributed by atoms with Crippen LogP contribution in [-0.2, 0) is 27.7 Å². The van der Waals surface area contributed by atoms with Gasteiger partial charge in [0.25, 0.3) is 0 Å². The third kappa shape index (κ3) is 7.59. The van der Waals surface area contributed by atoms with E-state index >= 15 is 0 Å². The van der Waals surface area contributed by atoms with Gasteiger partial charge in [-0.25, -0.2) is 13.1 Å². The zero-order chi connectivity index (χ0) is 19.7. The summed E-state index contributed by atoms with van der Waals surface area (Å²) in [6.07, 6.45) is 3.58. The molecule has 154 valence electrons. The number of sulfonamides is 1. The molecule has 1 amide bonds. The summed E-state index contributed by atoms with van der Waals surface area (Å²) in [7, 11) is -3.63. The standard InChI is InChI=1S/C20H27N3O3S.ClH/c1-2-3-5-16-8-10-17(11-9-16)14-20(24)23-18-6-4-7-19(15-18)27(25,26)22-13-12-21;/h4,6-11,15,22H,2-3,5,12-14,21H2,1H3,(H,23,24);1H. The Morgan fingerprint density at radius 1 is 1.07 bits per heavy atom. The minimum absolute atomic E-state index is 0. The molecular formula is C20H28ClN3O3S. The van der Waals surface area contributed by atoms with Crippen molar-refractivity contribution in [1.82, 2.24) is 4.72 Å². The van der Waals surface area contributed by atoms with E-state index in [2.05, 4.69) is 29.1 Å². The van der Waals surface area contributed by atoms with Gasteiger partial charge in [-0.3, -0.25) is 4.79 Å². The Morgan fingerprint density at radius 3 is 2.39 bits per heavy atom. The molecule has 0 spiro atoms. The van der Waals surface area contributed by atoms with E-state index in [1.807, 2.05) is 12.1 Å². The van der Waals surface area contributed by atoms with Crippen molar-refractivity contribution in [1.29, 1.82) is 0 Å². The highest BCUT2D eigenvalue weighted by Crippen LogP contribution is 2.16. The summed E-state index contributed by atoms with van der Waals surface area (Å²) in [4.78, 5) is 12.4. The van der Waals surface area contributed by atoms with E-state index in [1.165, 1.54) is 17.7 Å². The quantitative estimate of drug-likeness (QED) is 0.544. The van der Waals surface area contributed by atoms with Crippen LogP contribution in [0.1, 0.15) is 30.9 Å². The molecule has 8 heteroatoms. The van der Waals surface area contributed by atoms with Crippen LogP contribution < -0.4 is 15.8 Å². The lowest BCUT2D eigenvalue weighted by Gasteiger charge is -2.09. The SMILES string of the molecule is CCCCc1ccc(CC(=O)Nc2cccc(S(=O)(=O)NCCN)c2)cc1.Cl. The van der Waals surface area contributed by atoms with Gasteiger partial charge in [-0.1, -0.05) is 43.7 Å². The first-order valence-corrected chi connectivity index (χ1v) is 10.6. The lowest BCUT2D eigenvalue weighted by molar-refractivity contribution is -0.115. The molecule has 0 heterocycles. The Balaban J connectivity index is 0.00000392. The molecule has 2 aromatic carbocycles. The number of unbranched alkanes of at least 4 members (excludes halogenated alkanes) is 1. The maximum atomic E-state index is 12.3. The second-order valence-electron chi connectivity index (χ2n) is 6.36. The Morgan fingerprint density at radius 2 is 1.75 bits per heavy atom. The number of anilines is 1. The zero-order valence-corrected chi connectivity index (χ0v) is 17.6. The van der Waals surface area contributed by atoms with Gasteiger partial charge in [0.1, 0.15) is 0 Å². The summed E-state index contributed by atoms with van der Waals surface area (Å²) in [6.45, 7) is 2.54. The molecule has 0 fully saturated rings. The van der Waals surface area contributed by atoms with E-state index in [0.29, 0.717) is 5.69 Å². The number of carbonyl (C=O) groups excluding carboxylic acids is 1.